The summed E-state index contributed by atoms with van der Waals surface area (Å²) >= 11 is 0. The lowest BCUT2D eigenvalue weighted by Crippen LogP contribution is -2.40. The molecule has 0 atom stereocenters. The average Bonchev–Trinajstić information content (AvgIpc) is 2.16. The van der Waals surface area contributed by atoms with Gasteiger partial charge in [-0.1, -0.05) is 60.8 Å². The van der Waals surface area contributed by atoms with Crippen LogP contribution in [-0.4, -0.2) is 8.07 Å². The molecule has 0 saturated carbocycles. The van der Waals surface area contributed by atoms with Gasteiger partial charge in [0.25, 0.3) is 0 Å². The van der Waals surface area contributed by atoms with Crippen molar-refractivity contribution in [3.63, 3.8) is 0 Å². The number of allylic oxidation sites excluding steroid dienone is 2. The summed E-state index contributed by atoms with van der Waals surface area (Å²) in [5.41, 5.74) is 0. The molecule has 0 aliphatic carbocycles. The van der Waals surface area contributed by atoms with Gasteiger partial charge in [-0.15, -0.1) is 0 Å². The molecule has 0 radical (unpaired) electrons. The van der Waals surface area contributed by atoms with Gasteiger partial charge in [0.2, 0.25) is 0 Å². The standard InChI is InChI=1S/C12H18Si/c1-4-5-11-13(2,3)12-9-7-6-8-10-12/h4-10H,11H2,1-3H3/b5-4-. The summed E-state index contributed by atoms with van der Waals surface area (Å²) < 4.78 is 0. The van der Waals surface area contributed by atoms with Crippen LogP contribution in [0.15, 0.2) is 42.5 Å². The zero-order chi connectivity index (χ0) is 9.73. The first-order valence-electron chi connectivity index (χ1n) is 4.83. The molecule has 0 nitrogen and oxygen atoms in total. The van der Waals surface area contributed by atoms with Gasteiger partial charge in [-0.25, -0.2) is 0 Å². The minimum atomic E-state index is -1.19. The van der Waals surface area contributed by atoms with Crippen molar-refractivity contribution in [2.24, 2.45) is 0 Å². The Hall–Kier alpha value is -0.823. The van der Waals surface area contributed by atoms with Gasteiger partial charge in [-0.05, 0) is 13.0 Å². The van der Waals surface area contributed by atoms with Gasteiger partial charge in [0, 0.05) is 0 Å². The third-order valence-electron chi connectivity index (χ3n) is 2.42. The lowest BCUT2D eigenvalue weighted by Gasteiger charge is -2.20. The molecular weight excluding hydrogens is 172 g/mol. The maximum absolute atomic E-state index is 2.42. The summed E-state index contributed by atoms with van der Waals surface area (Å²) in [4.78, 5) is 0. The van der Waals surface area contributed by atoms with Crippen LogP contribution in [-0.2, 0) is 0 Å². The van der Waals surface area contributed by atoms with Gasteiger partial charge in [0.05, 0.1) is 8.07 Å². The molecule has 0 aliphatic heterocycles. The molecular formula is C12H18Si. The van der Waals surface area contributed by atoms with Crippen molar-refractivity contribution in [3.05, 3.63) is 42.5 Å². The number of hydrogen-bond donors (Lipinski definition) is 0. The van der Waals surface area contributed by atoms with Crippen LogP contribution in [0.1, 0.15) is 6.92 Å². The Bertz CT molecular complexity index is 272. The predicted molar refractivity (Wildman–Crippen MR) is 63.2 cm³/mol. The van der Waals surface area contributed by atoms with Crippen LogP contribution in [0, 0.1) is 0 Å². The lowest BCUT2D eigenvalue weighted by molar-refractivity contribution is 1.50. The SMILES string of the molecule is C/C=C\C[Si](C)(C)c1ccccc1. The lowest BCUT2D eigenvalue weighted by atomic mass is 10.4. The molecule has 0 aliphatic rings. The molecule has 13 heavy (non-hydrogen) atoms. The molecule has 1 rings (SSSR count). The molecule has 0 heterocycles. The monoisotopic (exact) mass is 190 g/mol. The zero-order valence-electron chi connectivity index (χ0n) is 8.75. The summed E-state index contributed by atoms with van der Waals surface area (Å²) in [6, 6.07) is 12.1. The fourth-order valence-electron chi connectivity index (χ4n) is 1.42. The van der Waals surface area contributed by atoms with Crippen LogP contribution in [0.4, 0.5) is 0 Å². The van der Waals surface area contributed by atoms with Gasteiger partial charge in [-0.2, -0.15) is 0 Å². The minimum absolute atomic E-state index is 1.19. The average molecular weight is 190 g/mol. The highest BCUT2D eigenvalue weighted by molar-refractivity contribution is 6.90. The number of benzene rings is 1. The summed E-state index contributed by atoms with van der Waals surface area (Å²) in [6.45, 7) is 6.93. The van der Waals surface area contributed by atoms with Crippen molar-refractivity contribution in [1.82, 2.24) is 0 Å². The van der Waals surface area contributed by atoms with Crippen molar-refractivity contribution in [2.75, 3.05) is 0 Å². The largest absolute Gasteiger partial charge is 0.0919 e. The van der Waals surface area contributed by atoms with Gasteiger partial charge >= 0.3 is 0 Å². The second-order valence-electron chi connectivity index (χ2n) is 4.02. The first-order chi connectivity index (χ1) is 6.17. The van der Waals surface area contributed by atoms with Gasteiger partial charge < -0.3 is 0 Å². The molecule has 1 aromatic carbocycles. The van der Waals surface area contributed by atoms with Crippen LogP contribution in [0.25, 0.3) is 0 Å². The molecule has 0 aromatic heterocycles. The molecule has 0 unspecified atom stereocenters. The van der Waals surface area contributed by atoms with E-state index in [4.69, 9.17) is 0 Å². The van der Waals surface area contributed by atoms with Crippen LogP contribution in [0.3, 0.4) is 0 Å². The topological polar surface area (TPSA) is 0 Å². The van der Waals surface area contributed by atoms with Crippen LogP contribution >= 0.6 is 0 Å². The molecule has 70 valence electrons. The molecule has 1 aromatic rings. The van der Waals surface area contributed by atoms with Crippen LogP contribution < -0.4 is 5.19 Å². The minimum Gasteiger partial charge on any atom is -0.0919 e. The van der Waals surface area contributed by atoms with Crippen molar-refractivity contribution in [2.45, 2.75) is 26.1 Å². The van der Waals surface area contributed by atoms with E-state index in [1.807, 2.05) is 0 Å². The fraction of sp³-hybridized carbons (Fsp3) is 0.333. The van der Waals surface area contributed by atoms with Gasteiger partial charge in [0.15, 0.2) is 0 Å². The Morgan fingerprint density at radius 2 is 1.77 bits per heavy atom. The highest BCUT2D eigenvalue weighted by Gasteiger charge is 2.20. The van der Waals surface area contributed by atoms with E-state index in [0.717, 1.165) is 0 Å². The molecule has 0 fully saturated rings. The van der Waals surface area contributed by atoms with E-state index in [9.17, 15) is 0 Å². The van der Waals surface area contributed by atoms with E-state index in [2.05, 4.69) is 62.5 Å². The first kappa shape index (κ1) is 10.3. The fourth-order valence-corrected chi connectivity index (χ4v) is 3.58. The number of hydrogen-bond acceptors (Lipinski definition) is 0. The van der Waals surface area contributed by atoms with Crippen molar-refractivity contribution < 1.29 is 0 Å². The van der Waals surface area contributed by atoms with Crippen LogP contribution in [0.2, 0.25) is 19.1 Å². The second-order valence-corrected chi connectivity index (χ2v) is 8.78. The third-order valence-corrected chi connectivity index (χ3v) is 5.57. The summed E-state index contributed by atoms with van der Waals surface area (Å²) in [5, 5.41) is 1.55. The summed E-state index contributed by atoms with van der Waals surface area (Å²) in [7, 11) is -1.19. The Labute approximate surface area is 82.3 Å². The second kappa shape index (κ2) is 4.42. The molecule has 0 N–H and O–H groups in total. The molecule has 0 saturated heterocycles. The van der Waals surface area contributed by atoms with Crippen molar-refractivity contribution in [3.8, 4) is 0 Å². The Morgan fingerprint density at radius 1 is 1.15 bits per heavy atom. The number of rotatable bonds is 3. The Kier molecular flexibility index (Phi) is 3.49. The molecule has 0 spiro atoms. The predicted octanol–water partition coefficient (Wildman–Crippen LogP) is 3.18. The smallest absolute Gasteiger partial charge is 0.0843 e. The summed E-state index contributed by atoms with van der Waals surface area (Å²) in [5.74, 6) is 0. The van der Waals surface area contributed by atoms with E-state index >= 15 is 0 Å². The van der Waals surface area contributed by atoms with E-state index in [1.54, 1.807) is 5.19 Å². The van der Waals surface area contributed by atoms with Gasteiger partial charge in [0.1, 0.15) is 0 Å². The maximum atomic E-state index is 2.42. The Balaban J connectivity index is 2.81. The van der Waals surface area contributed by atoms with Crippen LogP contribution in [0.5, 0.6) is 0 Å². The molecule has 0 bridgehead atoms. The highest BCUT2D eigenvalue weighted by Crippen LogP contribution is 2.10. The van der Waals surface area contributed by atoms with E-state index < -0.39 is 8.07 Å². The van der Waals surface area contributed by atoms with E-state index in [0.29, 0.717) is 0 Å². The zero-order valence-corrected chi connectivity index (χ0v) is 9.75. The normalized spacial score (nSPS) is 12.2. The first-order valence-corrected chi connectivity index (χ1v) is 8.04. The quantitative estimate of drug-likeness (QED) is 0.507. The van der Waals surface area contributed by atoms with E-state index in [-0.39, 0.29) is 0 Å². The highest BCUT2D eigenvalue weighted by atomic mass is 28.3. The molecule has 0 amide bonds. The third kappa shape index (κ3) is 2.85. The Morgan fingerprint density at radius 3 is 2.31 bits per heavy atom. The van der Waals surface area contributed by atoms with Crippen molar-refractivity contribution in [1.29, 1.82) is 0 Å². The maximum Gasteiger partial charge on any atom is 0.0843 e. The van der Waals surface area contributed by atoms with E-state index in [1.165, 1.54) is 6.04 Å². The summed E-state index contributed by atoms with van der Waals surface area (Å²) in [6.07, 6.45) is 4.44. The van der Waals surface area contributed by atoms with Gasteiger partial charge in [-0.3, -0.25) is 0 Å². The van der Waals surface area contributed by atoms with Crippen molar-refractivity contribution >= 4 is 13.3 Å². The molecule has 1 heteroatoms.